The predicted octanol–water partition coefficient (Wildman–Crippen LogP) is 0.533. The predicted molar refractivity (Wildman–Crippen MR) is 106 cm³/mol. The number of rotatable bonds is 6. The number of carbonyl (C=O) groups is 1. The number of morpholine rings is 1. The normalized spacial score (nSPS) is 20.6. The fourth-order valence-corrected chi connectivity index (χ4v) is 5.14. The number of methoxy groups -OCH3 is 1. The third-order valence-corrected chi connectivity index (χ3v) is 7.30. The van der Waals surface area contributed by atoms with E-state index in [1.807, 2.05) is 6.20 Å². The molecule has 2 aliphatic rings. The van der Waals surface area contributed by atoms with Crippen molar-refractivity contribution in [2.75, 3.05) is 46.5 Å². The summed E-state index contributed by atoms with van der Waals surface area (Å²) in [5.41, 5.74) is 1.22. The third kappa shape index (κ3) is 4.24. The molecule has 2 fully saturated rings. The number of nitrogens with zero attached hydrogens (tertiary/aromatic N) is 5. The molecule has 0 spiro atoms. The molecule has 0 unspecified atom stereocenters. The third-order valence-electron chi connectivity index (χ3n) is 5.38. The minimum absolute atomic E-state index is 0.0630. The summed E-state index contributed by atoms with van der Waals surface area (Å²) in [4.78, 5) is 14.8. The lowest BCUT2D eigenvalue weighted by molar-refractivity contribution is 0.0730. The fourth-order valence-electron chi connectivity index (χ4n) is 3.74. The number of carbonyl (C=O) groups excluding carboxylic acids is 1. The van der Waals surface area contributed by atoms with E-state index in [1.54, 1.807) is 28.8 Å². The van der Waals surface area contributed by atoms with Crippen LogP contribution in [0.3, 0.4) is 0 Å². The summed E-state index contributed by atoms with van der Waals surface area (Å²) in [5.74, 6) is -0.120. The van der Waals surface area contributed by atoms with Gasteiger partial charge < -0.3 is 14.4 Å². The van der Waals surface area contributed by atoms with Crippen molar-refractivity contribution in [3.63, 3.8) is 0 Å². The topological polar surface area (TPSA) is 107 Å². The van der Waals surface area contributed by atoms with Crippen LogP contribution in [0, 0.1) is 0 Å². The molecule has 1 aromatic carbocycles. The van der Waals surface area contributed by atoms with Crippen molar-refractivity contribution in [1.82, 2.24) is 24.2 Å². The van der Waals surface area contributed by atoms with Crippen molar-refractivity contribution < 1.29 is 22.7 Å². The van der Waals surface area contributed by atoms with Gasteiger partial charge in [-0.2, -0.15) is 4.31 Å². The van der Waals surface area contributed by atoms with Gasteiger partial charge in [-0.25, -0.2) is 13.1 Å². The largest absolute Gasteiger partial charge is 0.379 e. The molecule has 0 aliphatic carbocycles. The number of aromatic nitrogens is 3. The molecule has 3 heterocycles. The highest BCUT2D eigenvalue weighted by atomic mass is 32.2. The first-order chi connectivity index (χ1) is 14.5. The molecule has 0 saturated carbocycles. The van der Waals surface area contributed by atoms with E-state index in [0.29, 0.717) is 51.6 Å². The summed E-state index contributed by atoms with van der Waals surface area (Å²) < 4.78 is 38.9. The van der Waals surface area contributed by atoms with E-state index in [4.69, 9.17) is 9.47 Å². The van der Waals surface area contributed by atoms with Gasteiger partial charge >= 0.3 is 0 Å². The molecular formula is C19H25N5O5S. The Bertz CT molecular complexity index is 985. The summed E-state index contributed by atoms with van der Waals surface area (Å²) in [6.45, 7) is 3.00. The zero-order valence-electron chi connectivity index (χ0n) is 16.8. The van der Waals surface area contributed by atoms with E-state index < -0.39 is 10.0 Å². The van der Waals surface area contributed by atoms with Gasteiger partial charge in [0.05, 0.1) is 37.0 Å². The van der Waals surface area contributed by atoms with Gasteiger partial charge in [-0.3, -0.25) is 4.79 Å². The van der Waals surface area contributed by atoms with E-state index in [9.17, 15) is 13.2 Å². The monoisotopic (exact) mass is 435 g/mol. The molecule has 1 aromatic heterocycles. The standard InChI is InChI=1S/C19H25N5O5S/c1-28-14-16-12-24(21-20-16)17-6-7-22(13-17)19(25)15-2-4-18(5-3-15)30(26,27)23-8-10-29-11-9-23/h2-5,12,17H,6-11,13-14H2,1H3/t17-/m0/s1. The Hall–Kier alpha value is -2.34. The average Bonchev–Trinajstić information content (AvgIpc) is 3.44. The Kier molecular flexibility index (Phi) is 6.14. The van der Waals surface area contributed by atoms with Crippen LogP contribution in [-0.4, -0.2) is 85.0 Å². The van der Waals surface area contributed by atoms with Crippen molar-refractivity contribution in [2.24, 2.45) is 0 Å². The number of amides is 1. The number of sulfonamides is 1. The van der Waals surface area contributed by atoms with Crippen molar-refractivity contribution in [3.8, 4) is 0 Å². The number of hydrogen-bond donors (Lipinski definition) is 0. The lowest BCUT2D eigenvalue weighted by Gasteiger charge is -2.26. The Morgan fingerprint density at radius 2 is 1.93 bits per heavy atom. The molecule has 2 aromatic rings. The first kappa shape index (κ1) is 20.9. The van der Waals surface area contributed by atoms with Crippen molar-refractivity contribution in [3.05, 3.63) is 41.7 Å². The lowest BCUT2D eigenvalue weighted by atomic mass is 10.2. The second-order valence-corrected chi connectivity index (χ2v) is 9.30. The summed E-state index contributed by atoms with van der Waals surface area (Å²) in [6, 6.07) is 6.22. The maximum absolute atomic E-state index is 12.9. The van der Waals surface area contributed by atoms with Crippen LogP contribution in [0.1, 0.15) is 28.5 Å². The Balaban J connectivity index is 1.41. The second kappa shape index (κ2) is 8.80. The molecule has 10 nitrogen and oxygen atoms in total. The van der Waals surface area contributed by atoms with Gasteiger partial charge in [0.2, 0.25) is 10.0 Å². The number of likely N-dealkylation sites (tertiary alicyclic amines) is 1. The molecule has 0 radical (unpaired) electrons. The molecule has 30 heavy (non-hydrogen) atoms. The van der Waals surface area contributed by atoms with Gasteiger partial charge in [-0.05, 0) is 30.7 Å². The highest BCUT2D eigenvalue weighted by Gasteiger charge is 2.30. The zero-order valence-corrected chi connectivity index (χ0v) is 17.6. The van der Waals surface area contributed by atoms with Crippen LogP contribution in [0.5, 0.6) is 0 Å². The molecule has 2 saturated heterocycles. The van der Waals surface area contributed by atoms with Crippen LogP contribution in [0.4, 0.5) is 0 Å². The minimum Gasteiger partial charge on any atom is -0.379 e. The summed E-state index contributed by atoms with van der Waals surface area (Å²) in [5, 5.41) is 8.20. The molecule has 2 aliphatic heterocycles. The van der Waals surface area contributed by atoms with Gasteiger partial charge in [-0.15, -0.1) is 5.10 Å². The fraction of sp³-hybridized carbons (Fsp3) is 0.526. The Morgan fingerprint density at radius 3 is 2.63 bits per heavy atom. The highest BCUT2D eigenvalue weighted by molar-refractivity contribution is 7.89. The van der Waals surface area contributed by atoms with Gasteiger partial charge in [0, 0.05) is 38.9 Å². The summed E-state index contributed by atoms with van der Waals surface area (Å²) >= 11 is 0. The molecular weight excluding hydrogens is 410 g/mol. The van der Waals surface area contributed by atoms with Gasteiger partial charge in [0.1, 0.15) is 5.69 Å². The molecule has 0 bridgehead atoms. The summed E-state index contributed by atoms with van der Waals surface area (Å²) in [7, 11) is -1.97. The maximum Gasteiger partial charge on any atom is 0.253 e. The van der Waals surface area contributed by atoms with Crippen LogP contribution in [0.15, 0.2) is 35.4 Å². The van der Waals surface area contributed by atoms with Crippen molar-refractivity contribution in [1.29, 1.82) is 0 Å². The molecule has 4 rings (SSSR count). The Morgan fingerprint density at radius 1 is 1.20 bits per heavy atom. The smallest absolute Gasteiger partial charge is 0.253 e. The minimum atomic E-state index is -3.57. The van der Waals surface area contributed by atoms with E-state index in [-0.39, 0.29) is 16.8 Å². The van der Waals surface area contributed by atoms with Gasteiger partial charge in [-0.1, -0.05) is 5.21 Å². The molecule has 0 N–H and O–H groups in total. The van der Waals surface area contributed by atoms with Gasteiger partial charge in [0.15, 0.2) is 0 Å². The average molecular weight is 436 g/mol. The number of hydrogen-bond acceptors (Lipinski definition) is 7. The second-order valence-electron chi connectivity index (χ2n) is 7.36. The SMILES string of the molecule is COCc1cn([C@H]2CCN(C(=O)c3ccc(S(=O)(=O)N4CCOCC4)cc3)C2)nn1. The molecule has 1 atom stereocenters. The van der Waals surface area contributed by atoms with E-state index in [2.05, 4.69) is 10.3 Å². The quantitative estimate of drug-likeness (QED) is 0.652. The van der Waals surface area contributed by atoms with Crippen LogP contribution in [0.25, 0.3) is 0 Å². The maximum atomic E-state index is 12.9. The highest BCUT2D eigenvalue weighted by Crippen LogP contribution is 2.24. The number of benzene rings is 1. The molecule has 162 valence electrons. The Labute approximate surface area is 175 Å². The van der Waals surface area contributed by atoms with Gasteiger partial charge in [0.25, 0.3) is 5.91 Å². The molecule has 1 amide bonds. The summed E-state index contributed by atoms with van der Waals surface area (Å²) in [6.07, 6.45) is 2.62. The van der Waals surface area contributed by atoms with Crippen LogP contribution in [0.2, 0.25) is 0 Å². The van der Waals surface area contributed by atoms with E-state index in [0.717, 1.165) is 12.1 Å². The zero-order chi connectivity index (χ0) is 21.1. The first-order valence-electron chi connectivity index (χ1n) is 9.86. The van der Waals surface area contributed by atoms with Crippen LogP contribution in [-0.2, 0) is 26.1 Å². The van der Waals surface area contributed by atoms with Crippen LogP contribution < -0.4 is 0 Å². The van der Waals surface area contributed by atoms with Crippen LogP contribution >= 0.6 is 0 Å². The molecule has 11 heteroatoms. The number of ether oxygens (including phenoxy) is 2. The first-order valence-corrected chi connectivity index (χ1v) is 11.3. The van der Waals surface area contributed by atoms with Crippen molar-refractivity contribution in [2.45, 2.75) is 24.0 Å². The lowest BCUT2D eigenvalue weighted by Crippen LogP contribution is -2.40. The van der Waals surface area contributed by atoms with E-state index in [1.165, 1.54) is 16.4 Å². The van der Waals surface area contributed by atoms with E-state index >= 15 is 0 Å². The van der Waals surface area contributed by atoms with Crippen molar-refractivity contribution >= 4 is 15.9 Å².